The Morgan fingerprint density at radius 2 is 1.82 bits per heavy atom. The fourth-order valence-corrected chi connectivity index (χ4v) is 5.84. The van der Waals surface area contributed by atoms with Crippen LogP contribution in [0.2, 0.25) is 0 Å². The summed E-state index contributed by atoms with van der Waals surface area (Å²) in [7, 11) is 0. The topological polar surface area (TPSA) is 60.7 Å². The van der Waals surface area contributed by atoms with Crippen LogP contribution in [-0.4, -0.2) is 27.5 Å². The Bertz CT molecular complexity index is 589. The molecule has 3 nitrogen and oxygen atoms in total. The second-order valence-corrected chi connectivity index (χ2v) is 8.17. The zero-order valence-corrected chi connectivity index (χ0v) is 13.4. The van der Waals surface area contributed by atoms with Crippen molar-refractivity contribution in [3.63, 3.8) is 0 Å². The molecule has 0 saturated heterocycles. The number of aliphatic hydroxyl groups is 3. The molecular formula is C19H26O3. The fraction of sp³-hybridized carbons (Fsp3) is 0.684. The molecule has 0 aliphatic heterocycles. The summed E-state index contributed by atoms with van der Waals surface area (Å²) >= 11 is 0. The van der Waals surface area contributed by atoms with Crippen LogP contribution in [0, 0.1) is 28.6 Å². The summed E-state index contributed by atoms with van der Waals surface area (Å²) in [5, 5.41) is 30.6. The van der Waals surface area contributed by atoms with Gasteiger partial charge in [0.25, 0.3) is 0 Å². The number of allylic oxidation sites excluding steroid dienone is 4. The highest BCUT2D eigenvalue weighted by Crippen LogP contribution is 2.63. The van der Waals surface area contributed by atoms with Gasteiger partial charge in [-0.1, -0.05) is 38.2 Å². The summed E-state index contributed by atoms with van der Waals surface area (Å²) in [6, 6.07) is 0. The molecule has 22 heavy (non-hydrogen) atoms. The largest absolute Gasteiger partial charge is 0.509 e. The van der Waals surface area contributed by atoms with Crippen molar-refractivity contribution in [2.45, 2.75) is 51.7 Å². The average molecular weight is 302 g/mol. The molecule has 3 N–H and O–H groups in total. The van der Waals surface area contributed by atoms with Crippen LogP contribution in [0.25, 0.3) is 0 Å². The molecule has 0 heterocycles. The third-order valence-electron chi connectivity index (χ3n) is 7.30. The summed E-state index contributed by atoms with van der Waals surface area (Å²) < 4.78 is 0. The van der Waals surface area contributed by atoms with Crippen molar-refractivity contribution in [2.24, 2.45) is 28.6 Å². The monoisotopic (exact) mass is 302 g/mol. The normalized spacial score (nSPS) is 53.2. The molecule has 3 heteroatoms. The molecule has 4 aliphatic rings. The first-order valence-corrected chi connectivity index (χ1v) is 8.55. The van der Waals surface area contributed by atoms with Gasteiger partial charge >= 0.3 is 0 Å². The standard InChI is InChI=1S/C19H26O3/c1-18-10-8-15(20)17(22)14(18)4-3-11-12-5-6-16(21)19(12,2)9-7-13(11)18/h3-4,8,10-13,15-16,20-22H,5-7,9H2,1-2H3/t11-,12-,13-,15?,16?,18+,19-/m0/s1. The maximum Gasteiger partial charge on any atom is 0.129 e. The Hall–Kier alpha value is -1.06. The minimum absolute atomic E-state index is 0.0447. The lowest BCUT2D eigenvalue weighted by Gasteiger charge is -2.54. The number of rotatable bonds is 0. The summed E-state index contributed by atoms with van der Waals surface area (Å²) in [5.41, 5.74) is 0.728. The second-order valence-electron chi connectivity index (χ2n) is 8.17. The van der Waals surface area contributed by atoms with Crippen LogP contribution in [0.5, 0.6) is 0 Å². The van der Waals surface area contributed by atoms with E-state index in [9.17, 15) is 15.3 Å². The Kier molecular flexibility index (Phi) is 2.96. The van der Waals surface area contributed by atoms with Crippen molar-refractivity contribution >= 4 is 0 Å². The van der Waals surface area contributed by atoms with Gasteiger partial charge in [0.2, 0.25) is 0 Å². The van der Waals surface area contributed by atoms with Gasteiger partial charge in [0.1, 0.15) is 11.9 Å². The van der Waals surface area contributed by atoms with Crippen LogP contribution >= 0.6 is 0 Å². The molecule has 0 aromatic rings. The van der Waals surface area contributed by atoms with Crippen molar-refractivity contribution in [1.29, 1.82) is 0 Å². The first-order valence-electron chi connectivity index (χ1n) is 8.55. The van der Waals surface area contributed by atoms with Gasteiger partial charge in [0, 0.05) is 11.0 Å². The fourth-order valence-electron chi connectivity index (χ4n) is 5.84. The van der Waals surface area contributed by atoms with Crippen LogP contribution in [0.1, 0.15) is 39.5 Å². The molecule has 4 rings (SSSR count). The average Bonchev–Trinajstić information content (AvgIpc) is 2.79. The van der Waals surface area contributed by atoms with Crippen molar-refractivity contribution in [3.8, 4) is 0 Å². The van der Waals surface area contributed by atoms with E-state index in [1.165, 1.54) is 0 Å². The minimum atomic E-state index is -0.869. The van der Waals surface area contributed by atoms with E-state index in [1.54, 1.807) is 6.08 Å². The van der Waals surface area contributed by atoms with E-state index in [-0.39, 0.29) is 22.7 Å². The smallest absolute Gasteiger partial charge is 0.129 e. The van der Waals surface area contributed by atoms with E-state index in [4.69, 9.17) is 0 Å². The highest BCUT2D eigenvalue weighted by Gasteiger charge is 2.57. The Labute approximate surface area is 132 Å². The molecule has 0 spiro atoms. The zero-order valence-electron chi connectivity index (χ0n) is 13.4. The molecule has 2 saturated carbocycles. The van der Waals surface area contributed by atoms with Gasteiger partial charge in [-0.05, 0) is 48.9 Å². The predicted octanol–water partition coefficient (Wildman–Crippen LogP) is 3.11. The van der Waals surface area contributed by atoms with Crippen molar-refractivity contribution in [1.82, 2.24) is 0 Å². The van der Waals surface area contributed by atoms with E-state index in [0.29, 0.717) is 17.8 Å². The molecule has 0 bridgehead atoms. The van der Waals surface area contributed by atoms with E-state index in [2.05, 4.69) is 26.0 Å². The van der Waals surface area contributed by atoms with Gasteiger partial charge in [-0.15, -0.1) is 0 Å². The SMILES string of the molecule is C[C@]12C=CC(O)C(O)=C1C=C[C@@H]1[C@@H]2CC[C@]2(C)C(O)CC[C@@H]12. The summed E-state index contributed by atoms with van der Waals surface area (Å²) in [6.45, 7) is 4.45. The molecule has 0 radical (unpaired) electrons. The van der Waals surface area contributed by atoms with E-state index in [0.717, 1.165) is 31.3 Å². The predicted molar refractivity (Wildman–Crippen MR) is 85.1 cm³/mol. The molecule has 2 unspecified atom stereocenters. The van der Waals surface area contributed by atoms with E-state index < -0.39 is 6.10 Å². The van der Waals surface area contributed by atoms with E-state index >= 15 is 0 Å². The van der Waals surface area contributed by atoms with Crippen LogP contribution in [0.4, 0.5) is 0 Å². The van der Waals surface area contributed by atoms with Crippen LogP contribution in [0.15, 0.2) is 35.6 Å². The molecular weight excluding hydrogens is 276 g/mol. The lowest BCUT2D eigenvalue weighted by atomic mass is 9.50. The lowest BCUT2D eigenvalue weighted by Crippen LogP contribution is -2.49. The maximum absolute atomic E-state index is 10.4. The van der Waals surface area contributed by atoms with Gasteiger partial charge in [-0.2, -0.15) is 0 Å². The molecule has 0 aromatic heterocycles. The number of fused-ring (bicyclic) bond motifs is 5. The van der Waals surface area contributed by atoms with Crippen LogP contribution in [-0.2, 0) is 0 Å². The molecule has 4 aliphatic carbocycles. The number of hydrogen-bond acceptors (Lipinski definition) is 3. The number of aliphatic hydroxyl groups excluding tert-OH is 3. The summed E-state index contributed by atoms with van der Waals surface area (Å²) in [4.78, 5) is 0. The van der Waals surface area contributed by atoms with Gasteiger partial charge in [-0.3, -0.25) is 0 Å². The van der Waals surface area contributed by atoms with Crippen LogP contribution < -0.4 is 0 Å². The number of hydrogen-bond donors (Lipinski definition) is 3. The molecule has 120 valence electrons. The highest BCUT2D eigenvalue weighted by molar-refractivity contribution is 5.44. The third-order valence-corrected chi connectivity index (χ3v) is 7.30. The lowest BCUT2D eigenvalue weighted by molar-refractivity contribution is -0.0388. The molecule has 0 amide bonds. The Balaban J connectivity index is 1.78. The quantitative estimate of drug-likeness (QED) is 0.603. The molecule has 7 atom stereocenters. The van der Waals surface area contributed by atoms with E-state index in [1.807, 2.05) is 6.08 Å². The van der Waals surface area contributed by atoms with Crippen LogP contribution in [0.3, 0.4) is 0 Å². The maximum atomic E-state index is 10.4. The Morgan fingerprint density at radius 3 is 2.59 bits per heavy atom. The van der Waals surface area contributed by atoms with Gasteiger partial charge < -0.3 is 15.3 Å². The minimum Gasteiger partial charge on any atom is -0.509 e. The third kappa shape index (κ3) is 1.64. The van der Waals surface area contributed by atoms with Gasteiger partial charge in [-0.25, -0.2) is 0 Å². The van der Waals surface area contributed by atoms with Gasteiger partial charge in [0.05, 0.1) is 6.10 Å². The second kappa shape index (κ2) is 4.48. The van der Waals surface area contributed by atoms with Gasteiger partial charge in [0.15, 0.2) is 0 Å². The van der Waals surface area contributed by atoms with Crippen molar-refractivity contribution in [3.05, 3.63) is 35.6 Å². The van der Waals surface area contributed by atoms with Crippen molar-refractivity contribution in [2.75, 3.05) is 0 Å². The first kappa shape index (κ1) is 14.5. The summed E-state index contributed by atoms with van der Waals surface area (Å²) in [6.07, 6.45) is 11.2. The Morgan fingerprint density at radius 1 is 1.05 bits per heavy atom. The summed E-state index contributed by atoms with van der Waals surface area (Å²) in [5.74, 6) is 1.54. The molecule has 2 fully saturated rings. The molecule has 0 aromatic carbocycles. The zero-order chi connectivity index (χ0) is 15.7. The first-order chi connectivity index (χ1) is 10.4. The van der Waals surface area contributed by atoms with Crippen molar-refractivity contribution < 1.29 is 15.3 Å². The highest BCUT2D eigenvalue weighted by atomic mass is 16.3.